The first-order chi connectivity index (χ1) is 12.2. The summed E-state index contributed by atoms with van der Waals surface area (Å²) < 4.78 is 10.5. The van der Waals surface area contributed by atoms with E-state index >= 15 is 0 Å². The van der Waals surface area contributed by atoms with Gasteiger partial charge in [0.2, 0.25) is 0 Å². The van der Waals surface area contributed by atoms with Crippen molar-refractivity contribution in [1.29, 1.82) is 0 Å². The zero-order chi connectivity index (χ0) is 17.6. The first-order valence-electron chi connectivity index (χ1n) is 8.53. The Morgan fingerprint density at radius 3 is 2.68 bits per heavy atom. The lowest BCUT2D eigenvalue weighted by Gasteiger charge is -2.32. The van der Waals surface area contributed by atoms with Gasteiger partial charge in [0.25, 0.3) is 11.8 Å². The van der Waals surface area contributed by atoms with Crippen molar-refractivity contribution in [1.82, 2.24) is 10.2 Å². The number of rotatable bonds is 5. The summed E-state index contributed by atoms with van der Waals surface area (Å²) in [5, 5.41) is 3.05. The molecule has 0 aliphatic carbocycles. The molecular formula is C19H22N2O4. The van der Waals surface area contributed by atoms with Gasteiger partial charge in [-0.1, -0.05) is 12.1 Å². The molecule has 2 heterocycles. The molecule has 6 heteroatoms. The number of carbonyl (C=O) groups is 2. The monoisotopic (exact) mass is 342 g/mol. The van der Waals surface area contributed by atoms with E-state index in [-0.39, 0.29) is 17.9 Å². The maximum Gasteiger partial charge on any atom is 0.257 e. The number of ether oxygens (including phenoxy) is 1. The Balaban J connectivity index is 1.55. The van der Waals surface area contributed by atoms with E-state index in [4.69, 9.17) is 9.15 Å². The van der Waals surface area contributed by atoms with Crippen LogP contribution in [0.5, 0.6) is 5.75 Å². The van der Waals surface area contributed by atoms with Crippen LogP contribution in [0.4, 0.5) is 0 Å². The molecule has 2 aromatic rings. The van der Waals surface area contributed by atoms with Gasteiger partial charge in [-0.15, -0.1) is 0 Å². The summed E-state index contributed by atoms with van der Waals surface area (Å²) in [6.07, 6.45) is 4.41. The summed E-state index contributed by atoms with van der Waals surface area (Å²) >= 11 is 0. The van der Waals surface area contributed by atoms with E-state index in [1.807, 2.05) is 19.1 Å². The molecule has 1 saturated heterocycles. The van der Waals surface area contributed by atoms with Crippen molar-refractivity contribution < 1.29 is 18.7 Å². The van der Waals surface area contributed by atoms with E-state index in [1.165, 1.54) is 12.5 Å². The van der Waals surface area contributed by atoms with Crippen LogP contribution in [0, 0.1) is 0 Å². The van der Waals surface area contributed by atoms with Gasteiger partial charge < -0.3 is 19.4 Å². The molecule has 1 aromatic heterocycles. The maximum absolute atomic E-state index is 12.5. The van der Waals surface area contributed by atoms with Gasteiger partial charge in [-0.25, -0.2) is 0 Å². The molecule has 1 fully saturated rings. The molecule has 1 aromatic carbocycles. The van der Waals surface area contributed by atoms with Crippen molar-refractivity contribution in [3.05, 3.63) is 54.0 Å². The number of carbonyl (C=O) groups excluding carboxylic acids is 2. The third-order valence-corrected chi connectivity index (χ3v) is 4.32. The smallest absolute Gasteiger partial charge is 0.257 e. The molecule has 0 saturated carbocycles. The van der Waals surface area contributed by atoms with Crippen LogP contribution in [0.3, 0.4) is 0 Å². The van der Waals surface area contributed by atoms with Crippen LogP contribution >= 0.6 is 0 Å². The lowest BCUT2D eigenvalue weighted by Crippen LogP contribution is -2.46. The largest absolute Gasteiger partial charge is 0.493 e. The van der Waals surface area contributed by atoms with Crippen LogP contribution in [-0.2, 0) is 0 Å². The van der Waals surface area contributed by atoms with E-state index < -0.39 is 0 Å². The summed E-state index contributed by atoms with van der Waals surface area (Å²) in [6.45, 7) is 3.63. The molecule has 1 aliphatic rings. The Bertz CT molecular complexity index is 719. The quantitative estimate of drug-likeness (QED) is 0.907. The van der Waals surface area contributed by atoms with Crippen molar-refractivity contribution in [3.8, 4) is 5.75 Å². The second-order valence-electron chi connectivity index (χ2n) is 5.98. The Morgan fingerprint density at radius 1 is 1.24 bits per heavy atom. The first kappa shape index (κ1) is 17.1. The highest BCUT2D eigenvalue weighted by Gasteiger charge is 2.25. The number of likely N-dealkylation sites (tertiary alicyclic amines) is 1. The molecule has 0 unspecified atom stereocenters. The molecular weight excluding hydrogens is 320 g/mol. The molecule has 0 atom stereocenters. The molecule has 1 N–H and O–H groups in total. The van der Waals surface area contributed by atoms with Crippen molar-refractivity contribution in [2.75, 3.05) is 19.7 Å². The molecule has 0 radical (unpaired) electrons. The number of para-hydroxylation sites is 1. The average molecular weight is 342 g/mol. The summed E-state index contributed by atoms with van der Waals surface area (Å²) in [5.74, 6) is 0.430. The van der Waals surface area contributed by atoms with Crippen LogP contribution in [-0.4, -0.2) is 42.5 Å². The predicted molar refractivity (Wildman–Crippen MR) is 92.7 cm³/mol. The zero-order valence-corrected chi connectivity index (χ0v) is 14.2. The summed E-state index contributed by atoms with van der Waals surface area (Å²) in [5.41, 5.74) is 1.11. The van der Waals surface area contributed by atoms with Gasteiger partial charge >= 0.3 is 0 Å². The Morgan fingerprint density at radius 2 is 2.00 bits per heavy atom. The number of amides is 2. The number of hydrogen-bond acceptors (Lipinski definition) is 4. The van der Waals surface area contributed by atoms with Crippen LogP contribution in [0.2, 0.25) is 0 Å². The molecule has 6 nitrogen and oxygen atoms in total. The third kappa shape index (κ3) is 4.02. The fraction of sp³-hybridized carbons (Fsp3) is 0.368. The van der Waals surface area contributed by atoms with Crippen molar-refractivity contribution in [3.63, 3.8) is 0 Å². The summed E-state index contributed by atoms with van der Waals surface area (Å²) in [4.78, 5) is 26.6. The second-order valence-corrected chi connectivity index (χ2v) is 5.98. The predicted octanol–water partition coefficient (Wildman–Crippen LogP) is 2.71. The van der Waals surface area contributed by atoms with Gasteiger partial charge in [-0.05, 0) is 38.0 Å². The highest BCUT2D eigenvalue weighted by molar-refractivity contribution is 5.97. The number of nitrogens with one attached hydrogen (secondary N) is 1. The molecule has 3 rings (SSSR count). The molecule has 132 valence electrons. The topological polar surface area (TPSA) is 71.8 Å². The van der Waals surface area contributed by atoms with E-state index in [1.54, 1.807) is 23.1 Å². The maximum atomic E-state index is 12.5. The van der Waals surface area contributed by atoms with Crippen LogP contribution in [0.1, 0.15) is 40.5 Å². The average Bonchev–Trinajstić information content (AvgIpc) is 3.17. The second kappa shape index (κ2) is 7.88. The van der Waals surface area contributed by atoms with Gasteiger partial charge in [0.15, 0.2) is 0 Å². The molecule has 1 aliphatic heterocycles. The minimum absolute atomic E-state index is 0.0276. The van der Waals surface area contributed by atoms with Crippen LogP contribution in [0.15, 0.2) is 47.3 Å². The Hall–Kier alpha value is -2.76. The normalized spacial score (nSPS) is 15.0. The number of nitrogens with zero attached hydrogens (tertiary/aromatic N) is 1. The summed E-state index contributed by atoms with van der Waals surface area (Å²) in [7, 11) is 0. The lowest BCUT2D eigenvalue weighted by atomic mass is 10.0. The highest BCUT2D eigenvalue weighted by atomic mass is 16.5. The van der Waals surface area contributed by atoms with Gasteiger partial charge in [0.1, 0.15) is 12.0 Å². The fourth-order valence-electron chi connectivity index (χ4n) is 2.99. The zero-order valence-electron chi connectivity index (χ0n) is 14.2. The van der Waals surface area contributed by atoms with Gasteiger partial charge in [0, 0.05) is 19.1 Å². The fourth-order valence-corrected chi connectivity index (χ4v) is 2.99. The van der Waals surface area contributed by atoms with Crippen LogP contribution < -0.4 is 10.1 Å². The van der Waals surface area contributed by atoms with Crippen molar-refractivity contribution in [2.45, 2.75) is 25.8 Å². The lowest BCUT2D eigenvalue weighted by molar-refractivity contribution is 0.0697. The molecule has 2 amide bonds. The minimum Gasteiger partial charge on any atom is -0.493 e. The van der Waals surface area contributed by atoms with E-state index in [9.17, 15) is 9.59 Å². The molecule has 25 heavy (non-hydrogen) atoms. The number of hydrogen-bond donors (Lipinski definition) is 1. The van der Waals surface area contributed by atoms with Gasteiger partial charge in [-0.2, -0.15) is 0 Å². The van der Waals surface area contributed by atoms with Crippen molar-refractivity contribution in [2.24, 2.45) is 0 Å². The van der Waals surface area contributed by atoms with Crippen molar-refractivity contribution >= 4 is 11.8 Å². The van der Waals surface area contributed by atoms with Gasteiger partial charge in [-0.3, -0.25) is 9.59 Å². The highest BCUT2D eigenvalue weighted by Crippen LogP contribution is 2.19. The number of piperidine rings is 1. The third-order valence-electron chi connectivity index (χ3n) is 4.32. The first-order valence-corrected chi connectivity index (χ1v) is 8.53. The molecule has 0 spiro atoms. The summed E-state index contributed by atoms with van der Waals surface area (Å²) in [6, 6.07) is 8.95. The number of benzene rings is 1. The van der Waals surface area contributed by atoms with E-state index in [2.05, 4.69) is 5.32 Å². The van der Waals surface area contributed by atoms with E-state index in [0.29, 0.717) is 36.6 Å². The standard InChI is InChI=1S/C19H22N2O4/c1-2-25-17-6-4-3-5-16(17)18(22)20-15-7-10-21(11-8-15)19(23)14-9-12-24-13-14/h3-6,9,12-13,15H,2,7-8,10-11H2,1H3,(H,20,22). The number of furan rings is 1. The van der Waals surface area contributed by atoms with Gasteiger partial charge in [0.05, 0.1) is 24.0 Å². The minimum atomic E-state index is -0.135. The Labute approximate surface area is 146 Å². The van der Waals surface area contributed by atoms with Crippen LogP contribution in [0.25, 0.3) is 0 Å². The SMILES string of the molecule is CCOc1ccccc1C(=O)NC1CCN(C(=O)c2ccoc2)CC1. The molecule has 0 bridgehead atoms. The Kier molecular flexibility index (Phi) is 5.38. The van der Waals surface area contributed by atoms with E-state index in [0.717, 1.165) is 12.8 Å².